The molecule has 1 aromatic carbocycles. The highest BCUT2D eigenvalue weighted by Crippen LogP contribution is 2.24. The number of benzene rings is 1. The zero-order valence-electron chi connectivity index (χ0n) is 7.99. The number of halogens is 1. The van der Waals surface area contributed by atoms with Gasteiger partial charge in [-0.15, -0.1) is 12.4 Å². The van der Waals surface area contributed by atoms with Crippen LogP contribution in [0.3, 0.4) is 0 Å². The molecule has 1 nitrogen and oxygen atoms in total. The second-order valence-corrected chi connectivity index (χ2v) is 3.25. The first kappa shape index (κ1) is 12.2. The van der Waals surface area contributed by atoms with Crippen LogP contribution in [0.15, 0.2) is 30.3 Å². The monoisotopic (exact) mass is 198 g/mol. The molecule has 0 spiro atoms. The van der Waals surface area contributed by atoms with Crippen LogP contribution in [0.2, 0.25) is 0 Å². The van der Waals surface area contributed by atoms with Crippen LogP contribution in [-0.2, 0) is 10.2 Å². The smallest absolute Gasteiger partial charge is 0.130 e. The van der Waals surface area contributed by atoms with Crippen molar-refractivity contribution >= 4 is 18.7 Å². The Balaban J connectivity index is 0.00000144. The van der Waals surface area contributed by atoms with Gasteiger partial charge in [0.25, 0.3) is 0 Å². The first-order chi connectivity index (χ1) is 5.73. The SMILES string of the molecule is CCC(C)(C=O)c1ccccc1.Cl. The van der Waals surface area contributed by atoms with Crippen molar-refractivity contribution in [3.05, 3.63) is 35.9 Å². The van der Waals surface area contributed by atoms with Gasteiger partial charge in [-0.25, -0.2) is 0 Å². The predicted octanol–water partition coefficient (Wildman–Crippen LogP) is 2.98. The molecule has 2 heteroatoms. The first-order valence-electron chi connectivity index (χ1n) is 4.25. The van der Waals surface area contributed by atoms with Crippen LogP contribution in [0.4, 0.5) is 0 Å². The van der Waals surface area contributed by atoms with Crippen molar-refractivity contribution in [1.82, 2.24) is 0 Å². The molecule has 72 valence electrons. The lowest BCUT2D eigenvalue weighted by atomic mass is 9.82. The largest absolute Gasteiger partial charge is 0.302 e. The quantitative estimate of drug-likeness (QED) is 0.683. The van der Waals surface area contributed by atoms with Gasteiger partial charge in [-0.1, -0.05) is 37.3 Å². The normalized spacial score (nSPS) is 14.0. The minimum absolute atomic E-state index is 0. The van der Waals surface area contributed by atoms with E-state index in [1.54, 1.807) is 0 Å². The summed E-state index contributed by atoms with van der Waals surface area (Å²) in [6.07, 6.45) is 1.88. The lowest BCUT2D eigenvalue weighted by Crippen LogP contribution is -2.22. The van der Waals surface area contributed by atoms with Gasteiger partial charge in [0.2, 0.25) is 0 Å². The van der Waals surface area contributed by atoms with E-state index < -0.39 is 0 Å². The molecule has 0 aliphatic heterocycles. The van der Waals surface area contributed by atoms with E-state index in [4.69, 9.17) is 0 Å². The Morgan fingerprint density at radius 3 is 2.23 bits per heavy atom. The maximum absolute atomic E-state index is 10.9. The van der Waals surface area contributed by atoms with Gasteiger partial charge < -0.3 is 4.79 Å². The molecule has 0 aromatic heterocycles. The molecule has 13 heavy (non-hydrogen) atoms. The molecule has 0 saturated heterocycles. The van der Waals surface area contributed by atoms with E-state index in [1.165, 1.54) is 0 Å². The molecular weight excluding hydrogens is 184 g/mol. The van der Waals surface area contributed by atoms with Crippen LogP contribution in [-0.4, -0.2) is 6.29 Å². The molecule has 0 fully saturated rings. The predicted molar refractivity (Wildman–Crippen MR) is 57.4 cm³/mol. The van der Waals surface area contributed by atoms with Crippen LogP contribution in [0.25, 0.3) is 0 Å². The fraction of sp³-hybridized carbons (Fsp3) is 0.364. The van der Waals surface area contributed by atoms with Crippen LogP contribution in [0.5, 0.6) is 0 Å². The van der Waals surface area contributed by atoms with Gasteiger partial charge in [-0.3, -0.25) is 0 Å². The molecule has 0 heterocycles. The third-order valence-electron chi connectivity index (χ3n) is 2.43. The van der Waals surface area contributed by atoms with Crippen molar-refractivity contribution in [1.29, 1.82) is 0 Å². The lowest BCUT2D eigenvalue weighted by Gasteiger charge is -2.20. The zero-order valence-corrected chi connectivity index (χ0v) is 8.80. The molecular formula is C11H15ClO. The Labute approximate surface area is 85.6 Å². The molecule has 1 unspecified atom stereocenters. The zero-order chi connectivity index (χ0) is 9.03. The number of hydrogen-bond donors (Lipinski definition) is 0. The highest BCUT2D eigenvalue weighted by molar-refractivity contribution is 5.85. The third-order valence-corrected chi connectivity index (χ3v) is 2.43. The Morgan fingerprint density at radius 2 is 1.85 bits per heavy atom. The second kappa shape index (κ2) is 5.03. The molecule has 1 rings (SSSR count). The van der Waals surface area contributed by atoms with Gasteiger partial charge in [-0.2, -0.15) is 0 Å². The number of hydrogen-bond acceptors (Lipinski definition) is 1. The molecule has 0 N–H and O–H groups in total. The van der Waals surface area contributed by atoms with Crippen molar-refractivity contribution in [2.75, 3.05) is 0 Å². The number of rotatable bonds is 3. The standard InChI is InChI=1S/C11H14O.ClH/c1-3-11(2,9-12)10-7-5-4-6-8-10;/h4-9H,3H2,1-2H3;1H. The summed E-state index contributed by atoms with van der Waals surface area (Å²) in [4.78, 5) is 10.9. The van der Waals surface area contributed by atoms with E-state index in [1.807, 2.05) is 44.2 Å². The molecule has 0 amide bonds. The molecule has 1 aromatic rings. The van der Waals surface area contributed by atoms with Crippen molar-refractivity contribution < 1.29 is 4.79 Å². The van der Waals surface area contributed by atoms with Crippen molar-refractivity contribution in [2.24, 2.45) is 0 Å². The summed E-state index contributed by atoms with van der Waals surface area (Å²) < 4.78 is 0. The first-order valence-corrected chi connectivity index (χ1v) is 4.25. The van der Waals surface area contributed by atoms with E-state index in [0.717, 1.165) is 18.3 Å². The van der Waals surface area contributed by atoms with Gasteiger partial charge in [0, 0.05) is 5.41 Å². The van der Waals surface area contributed by atoms with Crippen LogP contribution < -0.4 is 0 Å². The van der Waals surface area contributed by atoms with Gasteiger partial charge in [0.15, 0.2) is 0 Å². The van der Waals surface area contributed by atoms with Crippen molar-refractivity contribution in [3.63, 3.8) is 0 Å². The van der Waals surface area contributed by atoms with Crippen LogP contribution in [0, 0.1) is 0 Å². The molecule has 0 aliphatic rings. The van der Waals surface area contributed by atoms with E-state index >= 15 is 0 Å². The van der Waals surface area contributed by atoms with Crippen molar-refractivity contribution in [3.8, 4) is 0 Å². The van der Waals surface area contributed by atoms with E-state index in [2.05, 4.69) is 0 Å². The summed E-state index contributed by atoms with van der Waals surface area (Å²) in [7, 11) is 0. The summed E-state index contributed by atoms with van der Waals surface area (Å²) in [5.74, 6) is 0. The topological polar surface area (TPSA) is 17.1 Å². The summed E-state index contributed by atoms with van der Waals surface area (Å²) in [6, 6.07) is 9.89. The van der Waals surface area contributed by atoms with E-state index in [0.29, 0.717) is 0 Å². The summed E-state index contributed by atoms with van der Waals surface area (Å²) >= 11 is 0. The number of carbonyl (C=O) groups excluding carboxylic acids is 1. The Hall–Kier alpha value is -0.820. The van der Waals surface area contributed by atoms with Gasteiger partial charge in [0.1, 0.15) is 6.29 Å². The highest BCUT2D eigenvalue weighted by atomic mass is 35.5. The van der Waals surface area contributed by atoms with E-state index in [-0.39, 0.29) is 17.8 Å². The third kappa shape index (κ3) is 2.56. The lowest BCUT2D eigenvalue weighted by molar-refractivity contribution is -0.112. The highest BCUT2D eigenvalue weighted by Gasteiger charge is 2.22. The minimum atomic E-state index is -0.304. The van der Waals surface area contributed by atoms with Gasteiger partial charge in [-0.05, 0) is 18.9 Å². The Morgan fingerprint density at radius 1 is 1.31 bits per heavy atom. The minimum Gasteiger partial charge on any atom is -0.302 e. The maximum Gasteiger partial charge on any atom is 0.130 e. The Kier molecular flexibility index (Phi) is 4.71. The maximum atomic E-state index is 10.9. The molecule has 0 bridgehead atoms. The number of aldehydes is 1. The van der Waals surface area contributed by atoms with Crippen molar-refractivity contribution in [2.45, 2.75) is 25.7 Å². The fourth-order valence-corrected chi connectivity index (χ4v) is 1.17. The fourth-order valence-electron chi connectivity index (χ4n) is 1.17. The van der Waals surface area contributed by atoms with Gasteiger partial charge >= 0.3 is 0 Å². The van der Waals surface area contributed by atoms with Gasteiger partial charge in [0.05, 0.1) is 0 Å². The summed E-state index contributed by atoms with van der Waals surface area (Å²) in [5, 5.41) is 0. The van der Waals surface area contributed by atoms with Crippen LogP contribution >= 0.6 is 12.4 Å². The molecule has 0 aliphatic carbocycles. The van der Waals surface area contributed by atoms with Crippen LogP contribution in [0.1, 0.15) is 25.8 Å². The molecule has 0 saturated carbocycles. The summed E-state index contributed by atoms with van der Waals surface area (Å²) in [5.41, 5.74) is 0.795. The molecule has 0 radical (unpaired) electrons. The van der Waals surface area contributed by atoms with E-state index in [9.17, 15) is 4.79 Å². The summed E-state index contributed by atoms with van der Waals surface area (Å²) in [6.45, 7) is 4.00. The average molecular weight is 199 g/mol. The Bertz CT molecular complexity index is 258. The second-order valence-electron chi connectivity index (χ2n) is 3.25. The molecule has 1 atom stereocenters. The number of carbonyl (C=O) groups is 1. The average Bonchev–Trinajstić information content (AvgIpc) is 2.18.